The fourth-order valence-electron chi connectivity index (χ4n) is 2.42. The minimum Gasteiger partial charge on any atom is -0.447 e. The molecule has 0 aromatic heterocycles. The van der Waals surface area contributed by atoms with Crippen LogP contribution in [0.5, 0.6) is 0 Å². The number of carbonyl (C=O) groups excluding carboxylic acids is 1. The summed E-state index contributed by atoms with van der Waals surface area (Å²) in [4.78, 5) is 11.4. The molecular formula is C18H37NO2. The molecule has 0 spiro atoms. The third-order valence-corrected chi connectivity index (χ3v) is 3.92. The Labute approximate surface area is 132 Å². The molecule has 3 heteroatoms. The van der Waals surface area contributed by atoms with Gasteiger partial charge in [0, 0.05) is 6.42 Å². The third-order valence-electron chi connectivity index (χ3n) is 3.92. The van der Waals surface area contributed by atoms with Gasteiger partial charge in [0.2, 0.25) is 0 Å². The third kappa shape index (κ3) is 15.6. The lowest BCUT2D eigenvalue weighted by molar-refractivity contribution is -0.149. The van der Waals surface area contributed by atoms with E-state index in [9.17, 15) is 4.79 Å². The van der Waals surface area contributed by atoms with Crippen LogP contribution in [0.15, 0.2) is 0 Å². The molecule has 0 heterocycles. The number of hydrogen-bond acceptors (Lipinski definition) is 3. The van der Waals surface area contributed by atoms with E-state index in [1.165, 1.54) is 64.2 Å². The number of nitrogens with two attached hydrogens (primary N) is 1. The van der Waals surface area contributed by atoms with Crippen molar-refractivity contribution in [2.24, 2.45) is 5.73 Å². The normalized spacial score (nSPS) is 12.3. The highest BCUT2D eigenvalue weighted by atomic mass is 16.6. The summed E-state index contributed by atoms with van der Waals surface area (Å²) in [6.07, 6.45) is 16.5. The van der Waals surface area contributed by atoms with Gasteiger partial charge in [-0.3, -0.25) is 10.5 Å². The Kier molecular flexibility index (Phi) is 15.4. The molecular weight excluding hydrogens is 262 g/mol. The molecule has 1 atom stereocenters. The highest BCUT2D eigenvalue weighted by molar-refractivity contribution is 5.69. The first-order valence-corrected chi connectivity index (χ1v) is 9.15. The zero-order valence-corrected chi connectivity index (χ0v) is 14.4. The minimum atomic E-state index is -0.421. The van der Waals surface area contributed by atoms with Crippen LogP contribution >= 0.6 is 0 Å². The van der Waals surface area contributed by atoms with Crippen molar-refractivity contribution in [2.45, 2.75) is 110 Å². The monoisotopic (exact) mass is 299 g/mol. The Morgan fingerprint density at radius 3 is 1.67 bits per heavy atom. The van der Waals surface area contributed by atoms with Crippen molar-refractivity contribution in [1.29, 1.82) is 0 Å². The van der Waals surface area contributed by atoms with Crippen molar-refractivity contribution < 1.29 is 9.53 Å². The Hall–Kier alpha value is -0.570. The highest BCUT2D eigenvalue weighted by Crippen LogP contribution is 2.12. The molecule has 0 radical (unpaired) electrons. The van der Waals surface area contributed by atoms with Crippen LogP contribution in [-0.4, -0.2) is 12.2 Å². The minimum absolute atomic E-state index is 0.142. The smallest absolute Gasteiger partial charge is 0.307 e. The Balaban J connectivity index is 3.13. The first kappa shape index (κ1) is 20.4. The number of ether oxygens (including phenoxy) is 1. The van der Waals surface area contributed by atoms with Gasteiger partial charge in [0.25, 0.3) is 0 Å². The van der Waals surface area contributed by atoms with Crippen LogP contribution in [0, 0.1) is 0 Å². The fourth-order valence-corrected chi connectivity index (χ4v) is 2.42. The van der Waals surface area contributed by atoms with Gasteiger partial charge in [0.15, 0.2) is 6.23 Å². The first-order valence-electron chi connectivity index (χ1n) is 9.15. The van der Waals surface area contributed by atoms with E-state index in [2.05, 4.69) is 6.92 Å². The molecule has 0 aliphatic heterocycles. The molecule has 0 aliphatic carbocycles. The summed E-state index contributed by atoms with van der Waals surface area (Å²) >= 11 is 0. The average Bonchev–Trinajstić information content (AvgIpc) is 2.48. The van der Waals surface area contributed by atoms with Gasteiger partial charge >= 0.3 is 5.97 Å². The summed E-state index contributed by atoms with van der Waals surface area (Å²) in [6, 6.07) is 0. The maximum absolute atomic E-state index is 11.4. The topological polar surface area (TPSA) is 52.3 Å². The van der Waals surface area contributed by atoms with Crippen molar-refractivity contribution in [3.63, 3.8) is 0 Å². The van der Waals surface area contributed by atoms with E-state index in [0.717, 1.165) is 12.8 Å². The fraction of sp³-hybridized carbons (Fsp3) is 0.944. The standard InChI is InChI=1S/C18H37NO2/c1-3-5-6-7-8-9-10-11-12-13-14-15-16-18(20)21-17(19)4-2/h17H,3-16,19H2,1-2H3. The predicted molar refractivity (Wildman–Crippen MR) is 90.1 cm³/mol. The number of hydrogen-bond donors (Lipinski definition) is 1. The molecule has 0 bridgehead atoms. The molecule has 0 saturated carbocycles. The molecule has 21 heavy (non-hydrogen) atoms. The van der Waals surface area contributed by atoms with Gasteiger partial charge in [-0.05, 0) is 12.8 Å². The second-order valence-corrected chi connectivity index (χ2v) is 6.08. The van der Waals surface area contributed by atoms with Crippen molar-refractivity contribution in [3.05, 3.63) is 0 Å². The van der Waals surface area contributed by atoms with Crippen LogP contribution in [0.1, 0.15) is 104 Å². The predicted octanol–water partition coefficient (Wildman–Crippen LogP) is 5.32. The molecule has 0 aliphatic rings. The second kappa shape index (κ2) is 15.8. The highest BCUT2D eigenvalue weighted by Gasteiger charge is 2.06. The van der Waals surface area contributed by atoms with Crippen molar-refractivity contribution >= 4 is 5.97 Å². The van der Waals surface area contributed by atoms with Crippen LogP contribution in [0.3, 0.4) is 0 Å². The van der Waals surface area contributed by atoms with E-state index in [0.29, 0.717) is 12.8 Å². The summed E-state index contributed by atoms with van der Waals surface area (Å²) in [5.74, 6) is -0.142. The number of unbranched alkanes of at least 4 members (excludes halogenated alkanes) is 11. The van der Waals surface area contributed by atoms with E-state index in [1.54, 1.807) is 0 Å². The van der Waals surface area contributed by atoms with E-state index in [4.69, 9.17) is 10.5 Å². The van der Waals surface area contributed by atoms with Crippen LogP contribution in [0.4, 0.5) is 0 Å². The Morgan fingerprint density at radius 1 is 0.810 bits per heavy atom. The molecule has 2 N–H and O–H groups in total. The number of rotatable bonds is 15. The number of esters is 1. The molecule has 3 nitrogen and oxygen atoms in total. The lowest BCUT2D eigenvalue weighted by atomic mass is 10.0. The van der Waals surface area contributed by atoms with Crippen molar-refractivity contribution in [3.8, 4) is 0 Å². The largest absolute Gasteiger partial charge is 0.447 e. The molecule has 0 aromatic rings. The summed E-state index contributed by atoms with van der Waals surface area (Å²) in [5.41, 5.74) is 5.57. The van der Waals surface area contributed by atoms with Gasteiger partial charge in [0.05, 0.1) is 0 Å². The van der Waals surface area contributed by atoms with Gasteiger partial charge in [-0.2, -0.15) is 0 Å². The first-order chi connectivity index (χ1) is 10.2. The summed E-state index contributed by atoms with van der Waals surface area (Å²) < 4.78 is 5.04. The second-order valence-electron chi connectivity index (χ2n) is 6.08. The van der Waals surface area contributed by atoms with Crippen molar-refractivity contribution in [2.75, 3.05) is 0 Å². The Bertz CT molecular complexity index is 231. The van der Waals surface area contributed by atoms with Crippen molar-refractivity contribution in [1.82, 2.24) is 0 Å². The molecule has 1 unspecified atom stereocenters. The van der Waals surface area contributed by atoms with Crippen LogP contribution in [0.25, 0.3) is 0 Å². The van der Waals surface area contributed by atoms with Gasteiger partial charge < -0.3 is 4.74 Å². The molecule has 126 valence electrons. The maximum Gasteiger partial charge on any atom is 0.307 e. The van der Waals surface area contributed by atoms with Crippen LogP contribution in [0.2, 0.25) is 0 Å². The molecule has 0 saturated heterocycles. The average molecular weight is 299 g/mol. The summed E-state index contributed by atoms with van der Waals surface area (Å²) in [6.45, 7) is 4.18. The van der Waals surface area contributed by atoms with Gasteiger partial charge in [-0.1, -0.05) is 84.5 Å². The quantitative estimate of drug-likeness (QED) is 0.253. The molecule has 0 rings (SSSR count). The molecule has 0 fully saturated rings. The molecule has 0 amide bonds. The van der Waals surface area contributed by atoms with Crippen LogP contribution in [-0.2, 0) is 9.53 Å². The lowest BCUT2D eigenvalue weighted by Gasteiger charge is -2.10. The SMILES string of the molecule is CCCCCCCCCCCCCCC(=O)OC(N)CC. The van der Waals surface area contributed by atoms with Gasteiger partial charge in [-0.25, -0.2) is 0 Å². The van der Waals surface area contributed by atoms with E-state index in [-0.39, 0.29) is 5.97 Å². The Morgan fingerprint density at radius 2 is 1.24 bits per heavy atom. The summed E-state index contributed by atoms with van der Waals surface area (Å²) in [5, 5.41) is 0. The zero-order chi connectivity index (χ0) is 15.8. The summed E-state index contributed by atoms with van der Waals surface area (Å²) in [7, 11) is 0. The zero-order valence-electron chi connectivity index (χ0n) is 14.4. The maximum atomic E-state index is 11.4. The van der Waals surface area contributed by atoms with Gasteiger partial charge in [-0.15, -0.1) is 0 Å². The van der Waals surface area contributed by atoms with Gasteiger partial charge in [0.1, 0.15) is 0 Å². The number of carbonyl (C=O) groups is 1. The molecule has 0 aromatic carbocycles. The van der Waals surface area contributed by atoms with E-state index < -0.39 is 6.23 Å². The van der Waals surface area contributed by atoms with E-state index in [1.807, 2.05) is 6.92 Å². The van der Waals surface area contributed by atoms with E-state index >= 15 is 0 Å². The van der Waals surface area contributed by atoms with Crippen LogP contribution < -0.4 is 5.73 Å². The lowest BCUT2D eigenvalue weighted by Crippen LogP contribution is -2.25.